The Labute approximate surface area is 205 Å². The third-order valence-electron chi connectivity index (χ3n) is 6.77. The van der Waals surface area contributed by atoms with Gasteiger partial charge in [-0.1, -0.05) is 11.6 Å². The molecule has 1 aromatic heterocycles. The lowest BCUT2D eigenvalue weighted by atomic mass is 9.89. The maximum absolute atomic E-state index is 13.5. The molecule has 0 saturated heterocycles. The molecule has 1 aliphatic carbocycles. The summed E-state index contributed by atoms with van der Waals surface area (Å²) in [5, 5.41) is 3.23. The average Bonchev–Trinajstić information content (AvgIpc) is 2.80. The minimum atomic E-state index is -0.800. The monoisotopic (exact) mass is 492 g/mol. The zero-order valence-corrected chi connectivity index (χ0v) is 21.3. The largest absolute Gasteiger partial charge is 0.482 e. The number of carbonyl (C=O) groups excluding carboxylic acids is 1. The van der Waals surface area contributed by atoms with Crippen molar-refractivity contribution in [2.45, 2.75) is 58.2 Å². The summed E-state index contributed by atoms with van der Waals surface area (Å²) >= 11 is 6.45. The quantitative estimate of drug-likeness (QED) is 0.542. The molecule has 34 heavy (non-hydrogen) atoms. The molecule has 1 heterocycles. The van der Waals surface area contributed by atoms with E-state index in [0.717, 1.165) is 49.5 Å². The van der Waals surface area contributed by atoms with Crippen molar-refractivity contribution in [2.75, 3.05) is 32.6 Å². The van der Waals surface area contributed by atoms with Crippen LogP contribution in [0.1, 0.15) is 54.1 Å². The molecule has 1 aliphatic rings. The number of nitrogens with one attached hydrogen (secondary N) is 2. The van der Waals surface area contributed by atoms with Crippen molar-refractivity contribution in [1.82, 2.24) is 15.2 Å². The Hall–Kier alpha value is -2.58. The molecule has 7 nitrogen and oxygen atoms in total. The van der Waals surface area contributed by atoms with Crippen molar-refractivity contribution in [2.24, 2.45) is 0 Å². The highest BCUT2D eigenvalue weighted by atomic mass is 35.5. The van der Waals surface area contributed by atoms with Crippen LogP contribution in [0.2, 0.25) is 5.02 Å². The number of benzene rings is 1. The molecule has 0 bridgehead atoms. The van der Waals surface area contributed by atoms with Gasteiger partial charge in [0.25, 0.3) is 5.91 Å². The van der Waals surface area contributed by atoms with Crippen LogP contribution in [0.4, 0.5) is 10.1 Å². The van der Waals surface area contributed by atoms with Gasteiger partial charge >= 0.3 is 0 Å². The predicted molar refractivity (Wildman–Crippen MR) is 134 cm³/mol. The van der Waals surface area contributed by atoms with Gasteiger partial charge in [0.2, 0.25) is 5.88 Å². The molecule has 0 spiro atoms. The molecule has 1 fully saturated rings. The SMILES string of the molecule is CCN(c1cc(Cl)cc(C(=O)NCc2c(OC)[nH]c(F)cc2=O)c1C)C1CCC(N(C)C)CC1. The predicted octanol–water partition coefficient (Wildman–Crippen LogP) is 4.11. The van der Waals surface area contributed by atoms with Crippen molar-refractivity contribution in [1.29, 1.82) is 0 Å². The summed E-state index contributed by atoms with van der Waals surface area (Å²) in [7, 11) is 5.59. The fourth-order valence-corrected chi connectivity index (χ4v) is 5.06. The number of H-pyrrole nitrogens is 1. The zero-order valence-electron chi connectivity index (χ0n) is 20.5. The Bertz CT molecular complexity index is 1080. The van der Waals surface area contributed by atoms with Gasteiger partial charge in [-0.3, -0.25) is 9.59 Å². The topological polar surface area (TPSA) is 77.7 Å². The lowest BCUT2D eigenvalue weighted by Crippen LogP contribution is -2.42. The molecule has 186 valence electrons. The minimum absolute atomic E-state index is 0.0145. The van der Waals surface area contributed by atoms with Crippen LogP contribution < -0.4 is 20.4 Å². The van der Waals surface area contributed by atoms with Gasteiger partial charge in [0.15, 0.2) is 11.4 Å². The van der Waals surface area contributed by atoms with E-state index in [1.807, 2.05) is 13.0 Å². The smallest absolute Gasteiger partial charge is 0.251 e. The molecule has 0 unspecified atom stereocenters. The summed E-state index contributed by atoms with van der Waals surface area (Å²) in [6.07, 6.45) is 4.43. The first kappa shape index (κ1) is 26.0. The number of nitrogens with zero attached hydrogens (tertiary/aromatic N) is 2. The molecule has 2 N–H and O–H groups in total. The van der Waals surface area contributed by atoms with E-state index in [1.165, 1.54) is 7.11 Å². The normalized spacial score (nSPS) is 18.1. The number of aromatic nitrogens is 1. The van der Waals surface area contributed by atoms with Crippen molar-refractivity contribution in [3.05, 3.63) is 56.1 Å². The van der Waals surface area contributed by atoms with Crippen molar-refractivity contribution in [3.8, 4) is 5.88 Å². The third-order valence-corrected chi connectivity index (χ3v) is 6.99. The van der Waals surface area contributed by atoms with Gasteiger partial charge in [-0.05, 0) is 71.3 Å². The number of amides is 1. The van der Waals surface area contributed by atoms with E-state index in [-0.39, 0.29) is 23.9 Å². The van der Waals surface area contributed by atoms with Crippen molar-refractivity contribution >= 4 is 23.2 Å². The average molecular weight is 493 g/mol. The second-order valence-electron chi connectivity index (χ2n) is 8.99. The third kappa shape index (κ3) is 5.73. The van der Waals surface area contributed by atoms with Crippen LogP contribution in [0.3, 0.4) is 0 Å². The molecule has 3 rings (SSSR count). The van der Waals surface area contributed by atoms with E-state index in [1.54, 1.807) is 6.07 Å². The van der Waals surface area contributed by atoms with Gasteiger partial charge in [-0.25, -0.2) is 0 Å². The highest BCUT2D eigenvalue weighted by Gasteiger charge is 2.28. The molecular weight excluding hydrogens is 459 g/mol. The van der Waals surface area contributed by atoms with Crippen LogP contribution in [0.25, 0.3) is 0 Å². The molecule has 0 atom stereocenters. The van der Waals surface area contributed by atoms with E-state index in [0.29, 0.717) is 22.7 Å². The van der Waals surface area contributed by atoms with E-state index in [9.17, 15) is 14.0 Å². The fraction of sp³-hybridized carbons (Fsp3) is 0.520. The van der Waals surface area contributed by atoms with Gasteiger partial charge in [0.05, 0.1) is 19.2 Å². The van der Waals surface area contributed by atoms with Gasteiger partial charge in [-0.2, -0.15) is 4.39 Å². The summed E-state index contributed by atoms with van der Waals surface area (Å²) in [5.41, 5.74) is 1.82. The molecule has 2 aromatic rings. The maximum atomic E-state index is 13.5. The number of methoxy groups -OCH3 is 1. The maximum Gasteiger partial charge on any atom is 0.251 e. The minimum Gasteiger partial charge on any atom is -0.482 e. The van der Waals surface area contributed by atoms with E-state index < -0.39 is 11.4 Å². The molecule has 0 radical (unpaired) electrons. The first-order chi connectivity index (χ1) is 16.2. The van der Waals surface area contributed by atoms with Gasteiger partial charge in [0.1, 0.15) is 0 Å². The van der Waals surface area contributed by atoms with Crippen LogP contribution >= 0.6 is 11.6 Å². The van der Waals surface area contributed by atoms with Crippen LogP contribution in [-0.2, 0) is 6.54 Å². The number of rotatable bonds is 8. The fourth-order valence-electron chi connectivity index (χ4n) is 4.85. The molecule has 1 saturated carbocycles. The first-order valence-electron chi connectivity index (χ1n) is 11.6. The molecular formula is C25H34ClFN4O3. The summed E-state index contributed by atoms with van der Waals surface area (Å²) < 4.78 is 18.5. The van der Waals surface area contributed by atoms with Gasteiger partial charge < -0.3 is 24.8 Å². The van der Waals surface area contributed by atoms with Crippen LogP contribution in [0.5, 0.6) is 5.88 Å². The Morgan fingerprint density at radius 3 is 2.44 bits per heavy atom. The lowest BCUT2D eigenvalue weighted by molar-refractivity contribution is 0.0950. The lowest BCUT2D eigenvalue weighted by Gasteiger charge is -2.40. The van der Waals surface area contributed by atoms with Gasteiger partial charge in [0, 0.05) is 41.0 Å². The second kappa shape index (κ2) is 11.2. The zero-order chi connectivity index (χ0) is 25.0. The first-order valence-corrected chi connectivity index (χ1v) is 12.0. The molecule has 1 amide bonds. The number of aromatic amines is 1. The number of pyridine rings is 1. The highest BCUT2D eigenvalue weighted by Crippen LogP contribution is 2.34. The summed E-state index contributed by atoms with van der Waals surface area (Å²) in [6, 6.07) is 5.37. The highest BCUT2D eigenvalue weighted by molar-refractivity contribution is 6.31. The Balaban J connectivity index is 1.82. The number of hydrogen-bond donors (Lipinski definition) is 2. The Morgan fingerprint density at radius 1 is 1.21 bits per heavy atom. The van der Waals surface area contributed by atoms with Crippen molar-refractivity contribution in [3.63, 3.8) is 0 Å². The Kier molecular flexibility index (Phi) is 8.60. The van der Waals surface area contributed by atoms with E-state index in [4.69, 9.17) is 16.3 Å². The summed E-state index contributed by atoms with van der Waals surface area (Å²) in [6.45, 7) is 4.73. The van der Waals surface area contributed by atoms with Crippen LogP contribution in [-0.4, -0.2) is 55.6 Å². The number of ether oxygens (including phenoxy) is 1. The standard InChI is InChI=1S/C25H34ClFN4O3/c1-6-31(18-9-7-17(8-10-18)30(3)4)21-12-16(26)11-19(15(21)2)24(33)28-14-20-22(32)13-23(27)29-25(20)34-5/h11-13,17-18H,6-10,14H2,1-5H3,(H,28,33)(H,29,32). The number of hydrogen-bond acceptors (Lipinski definition) is 5. The van der Waals surface area contributed by atoms with Gasteiger partial charge in [-0.15, -0.1) is 0 Å². The number of anilines is 1. The number of halogens is 2. The Morgan fingerprint density at radius 2 is 1.85 bits per heavy atom. The van der Waals surface area contributed by atoms with Crippen molar-refractivity contribution < 1.29 is 13.9 Å². The molecule has 9 heteroatoms. The van der Waals surface area contributed by atoms with Crippen LogP contribution in [0, 0.1) is 12.9 Å². The number of carbonyl (C=O) groups is 1. The van der Waals surface area contributed by atoms with Crippen LogP contribution in [0.15, 0.2) is 23.0 Å². The summed E-state index contributed by atoms with van der Waals surface area (Å²) in [5.74, 6) is -1.18. The molecule has 0 aliphatic heterocycles. The molecule has 1 aromatic carbocycles. The second-order valence-corrected chi connectivity index (χ2v) is 9.42. The summed E-state index contributed by atoms with van der Waals surface area (Å²) in [4.78, 5) is 32.3. The van der Waals surface area contributed by atoms with E-state index in [2.05, 4.69) is 41.1 Å². The van der Waals surface area contributed by atoms with E-state index >= 15 is 0 Å².